The minimum atomic E-state index is -4.23. The lowest BCUT2D eigenvalue weighted by atomic mass is 10.1. The van der Waals surface area contributed by atoms with Crippen LogP contribution < -0.4 is 14.4 Å². The van der Waals surface area contributed by atoms with Gasteiger partial charge in [0.05, 0.1) is 32.8 Å². The SMILES string of the molecule is CNC(=O)[C@@H](C)N(Cc1ccc(Cl)c(Cl)c1)C(=O)CN(c1ccc(OC)c(Cl)c1)S(=O)(=O)c1ccc(C)cc1. The predicted molar refractivity (Wildman–Crippen MR) is 154 cm³/mol. The molecule has 1 N–H and O–H groups in total. The van der Waals surface area contributed by atoms with E-state index in [0.717, 1.165) is 9.87 Å². The second-order valence-corrected chi connectivity index (χ2v) is 11.8. The van der Waals surface area contributed by atoms with Gasteiger partial charge in [0.2, 0.25) is 11.8 Å². The van der Waals surface area contributed by atoms with Crippen molar-refractivity contribution in [2.45, 2.75) is 31.3 Å². The largest absolute Gasteiger partial charge is 0.495 e. The lowest BCUT2D eigenvalue weighted by Crippen LogP contribution is -2.50. The molecule has 1 atom stereocenters. The van der Waals surface area contributed by atoms with Crippen molar-refractivity contribution in [1.29, 1.82) is 0 Å². The maximum atomic E-state index is 13.8. The smallest absolute Gasteiger partial charge is 0.264 e. The Balaban J connectivity index is 2.07. The van der Waals surface area contributed by atoms with Crippen molar-refractivity contribution in [3.05, 3.63) is 86.9 Å². The van der Waals surface area contributed by atoms with Crippen LogP contribution in [0, 0.1) is 6.92 Å². The van der Waals surface area contributed by atoms with Crippen molar-refractivity contribution in [2.75, 3.05) is 25.0 Å². The fourth-order valence-electron chi connectivity index (χ4n) is 3.80. The van der Waals surface area contributed by atoms with Gasteiger partial charge in [-0.25, -0.2) is 8.42 Å². The minimum absolute atomic E-state index is 0.0109. The summed E-state index contributed by atoms with van der Waals surface area (Å²) in [6.07, 6.45) is 0. The number of nitrogens with zero attached hydrogens (tertiary/aromatic N) is 2. The van der Waals surface area contributed by atoms with E-state index in [-0.39, 0.29) is 27.2 Å². The molecule has 0 saturated carbocycles. The number of aryl methyl sites for hydroxylation is 1. The van der Waals surface area contributed by atoms with E-state index in [1.807, 2.05) is 6.92 Å². The van der Waals surface area contributed by atoms with Gasteiger partial charge in [0.1, 0.15) is 18.3 Å². The highest BCUT2D eigenvalue weighted by atomic mass is 35.5. The molecule has 0 saturated heterocycles. The van der Waals surface area contributed by atoms with Gasteiger partial charge < -0.3 is 15.0 Å². The van der Waals surface area contributed by atoms with Crippen LogP contribution in [0.2, 0.25) is 15.1 Å². The fourth-order valence-corrected chi connectivity index (χ4v) is 5.78. The van der Waals surface area contributed by atoms with Crippen LogP contribution in [-0.4, -0.2) is 51.9 Å². The minimum Gasteiger partial charge on any atom is -0.495 e. The number of ether oxygens (including phenoxy) is 1. The lowest BCUT2D eigenvalue weighted by Gasteiger charge is -2.32. The second kappa shape index (κ2) is 12.9. The molecule has 8 nitrogen and oxygen atoms in total. The Morgan fingerprint density at radius 2 is 1.62 bits per heavy atom. The Kier molecular flexibility index (Phi) is 10.1. The van der Waals surface area contributed by atoms with Crippen molar-refractivity contribution in [1.82, 2.24) is 10.2 Å². The second-order valence-electron chi connectivity index (χ2n) is 8.70. The quantitative estimate of drug-likeness (QED) is 0.334. The van der Waals surface area contributed by atoms with Crippen LogP contribution in [0.5, 0.6) is 5.75 Å². The number of carbonyl (C=O) groups excluding carboxylic acids is 2. The summed E-state index contributed by atoms with van der Waals surface area (Å²) in [4.78, 5) is 27.7. The van der Waals surface area contributed by atoms with Gasteiger partial charge in [-0.3, -0.25) is 13.9 Å². The Bertz CT molecular complexity index is 1470. The number of likely N-dealkylation sites (N-methyl/N-ethyl adjacent to an activating group) is 1. The number of anilines is 1. The summed E-state index contributed by atoms with van der Waals surface area (Å²) >= 11 is 18.5. The molecule has 3 aromatic rings. The first-order chi connectivity index (χ1) is 18.4. The first-order valence-electron chi connectivity index (χ1n) is 11.8. The Labute approximate surface area is 243 Å². The van der Waals surface area contributed by atoms with E-state index in [1.165, 1.54) is 49.4 Å². The summed E-state index contributed by atoms with van der Waals surface area (Å²) in [5.41, 5.74) is 1.63. The summed E-state index contributed by atoms with van der Waals surface area (Å²) in [5, 5.41) is 3.31. The number of hydrogen-bond acceptors (Lipinski definition) is 5. The van der Waals surface area contributed by atoms with E-state index in [9.17, 15) is 18.0 Å². The number of benzene rings is 3. The normalized spacial score (nSPS) is 12.0. The van der Waals surface area contributed by atoms with E-state index in [2.05, 4.69) is 5.32 Å². The van der Waals surface area contributed by atoms with E-state index in [0.29, 0.717) is 16.3 Å². The van der Waals surface area contributed by atoms with Crippen molar-refractivity contribution in [3.63, 3.8) is 0 Å². The molecular formula is C27H28Cl3N3O5S. The van der Waals surface area contributed by atoms with Gasteiger partial charge in [-0.2, -0.15) is 0 Å². The number of carbonyl (C=O) groups is 2. The van der Waals surface area contributed by atoms with Crippen molar-refractivity contribution < 1.29 is 22.7 Å². The molecule has 3 aromatic carbocycles. The zero-order valence-electron chi connectivity index (χ0n) is 21.7. The van der Waals surface area contributed by atoms with Gasteiger partial charge >= 0.3 is 0 Å². The van der Waals surface area contributed by atoms with Gasteiger partial charge in [-0.05, 0) is 61.9 Å². The highest BCUT2D eigenvalue weighted by molar-refractivity contribution is 7.92. The average Bonchev–Trinajstić information content (AvgIpc) is 2.91. The zero-order valence-corrected chi connectivity index (χ0v) is 24.8. The molecule has 0 spiro atoms. The van der Waals surface area contributed by atoms with Crippen LogP contribution in [0.1, 0.15) is 18.1 Å². The molecule has 3 rings (SSSR count). The van der Waals surface area contributed by atoms with E-state index >= 15 is 0 Å². The maximum Gasteiger partial charge on any atom is 0.264 e. The van der Waals surface area contributed by atoms with Crippen LogP contribution >= 0.6 is 34.8 Å². The molecule has 0 unspecified atom stereocenters. The summed E-state index contributed by atoms with van der Waals surface area (Å²) < 4.78 is 33.8. The third-order valence-corrected chi connectivity index (χ3v) is 8.88. The van der Waals surface area contributed by atoms with Crippen LogP contribution in [0.15, 0.2) is 65.6 Å². The molecule has 208 valence electrons. The number of hydrogen-bond donors (Lipinski definition) is 1. The first-order valence-corrected chi connectivity index (χ1v) is 14.3. The lowest BCUT2D eigenvalue weighted by molar-refractivity contribution is -0.139. The molecule has 39 heavy (non-hydrogen) atoms. The zero-order chi connectivity index (χ0) is 28.9. The molecule has 2 amide bonds. The molecule has 0 bridgehead atoms. The summed E-state index contributed by atoms with van der Waals surface area (Å²) in [5.74, 6) is -0.711. The van der Waals surface area contributed by atoms with Crippen molar-refractivity contribution in [2.24, 2.45) is 0 Å². The Hall–Kier alpha value is -2.98. The van der Waals surface area contributed by atoms with E-state index in [4.69, 9.17) is 39.5 Å². The van der Waals surface area contributed by atoms with E-state index in [1.54, 1.807) is 37.3 Å². The number of rotatable bonds is 10. The van der Waals surface area contributed by atoms with Gasteiger partial charge in [-0.15, -0.1) is 0 Å². The van der Waals surface area contributed by atoms with Crippen LogP contribution in [0.3, 0.4) is 0 Å². The molecule has 0 radical (unpaired) electrons. The fraction of sp³-hybridized carbons (Fsp3) is 0.259. The highest BCUT2D eigenvalue weighted by Crippen LogP contribution is 2.32. The van der Waals surface area contributed by atoms with Gasteiger partial charge in [0, 0.05) is 13.6 Å². The number of sulfonamides is 1. The molecule has 0 aliphatic heterocycles. The average molecular weight is 613 g/mol. The predicted octanol–water partition coefficient (Wildman–Crippen LogP) is 5.32. The molecule has 0 aliphatic rings. The maximum absolute atomic E-state index is 13.8. The Morgan fingerprint density at radius 1 is 0.949 bits per heavy atom. The topological polar surface area (TPSA) is 96.0 Å². The molecule has 12 heteroatoms. The van der Waals surface area contributed by atoms with Crippen LogP contribution in [0.25, 0.3) is 0 Å². The molecule has 0 fully saturated rings. The number of methoxy groups -OCH3 is 1. The third kappa shape index (κ3) is 7.16. The summed E-state index contributed by atoms with van der Waals surface area (Å²) in [6.45, 7) is 2.76. The van der Waals surface area contributed by atoms with Crippen LogP contribution in [0.4, 0.5) is 5.69 Å². The number of halogens is 3. The monoisotopic (exact) mass is 611 g/mol. The molecule has 0 heterocycles. The molecule has 0 aromatic heterocycles. The van der Waals surface area contributed by atoms with Gasteiger partial charge in [-0.1, -0.05) is 58.6 Å². The van der Waals surface area contributed by atoms with Gasteiger partial charge in [0.25, 0.3) is 10.0 Å². The first kappa shape index (κ1) is 30.6. The molecule has 0 aliphatic carbocycles. The van der Waals surface area contributed by atoms with Gasteiger partial charge in [0.15, 0.2) is 0 Å². The highest BCUT2D eigenvalue weighted by Gasteiger charge is 2.32. The third-order valence-electron chi connectivity index (χ3n) is 6.06. The number of nitrogens with one attached hydrogen (secondary N) is 1. The molecular weight excluding hydrogens is 585 g/mol. The Morgan fingerprint density at radius 3 is 2.18 bits per heavy atom. The standard InChI is InChI=1S/C27H28Cl3N3O5S/c1-17-5-9-21(10-6-17)39(36,37)33(20-8-12-25(38-4)24(30)14-20)16-26(34)32(18(2)27(35)31-3)15-19-7-11-22(28)23(29)13-19/h5-14,18H,15-16H2,1-4H3,(H,31,35)/t18-/m1/s1. The van der Waals surface area contributed by atoms with E-state index < -0.39 is 34.4 Å². The van der Waals surface area contributed by atoms with Crippen molar-refractivity contribution >= 4 is 62.3 Å². The summed E-state index contributed by atoms with van der Waals surface area (Å²) in [7, 11) is -1.34. The number of amides is 2. The van der Waals surface area contributed by atoms with Crippen molar-refractivity contribution in [3.8, 4) is 5.75 Å². The summed E-state index contributed by atoms with van der Waals surface area (Å²) in [6, 6.07) is 14.6. The van der Waals surface area contributed by atoms with Crippen LogP contribution in [-0.2, 0) is 26.2 Å².